The molecular weight excluding hydrogens is 193 g/mol. The van der Waals surface area contributed by atoms with Crippen molar-refractivity contribution in [2.45, 2.75) is 12.7 Å². The molecule has 0 spiro atoms. The minimum atomic E-state index is -2.10. The Morgan fingerprint density at radius 3 is 2.69 bits per heavy atom. The van der Waals surface area contributed by atoms with E-state index in [1.54, 1.807) is 12.1 Å². The molecule has 0 saturated carbocycles. The van der Waals surface area contributed by atoms with Crippen molar-refractivity contribution >= 4 is 17.7 Å². The van der Waals surface area contributed by atoms with Crippen LogP contribution in [0.2, 0.25) is 5.02 Å². The van der Waals surface area contributed by atoms with Crippen molar-refractivity contribution < 1.29 is 9.18 Å². The molecule has 13 heavy (non-hydrogen) atoms. The van der Waals surface area contributed by atoms with Gasteiger partial charge in [-0.25, -0.2) is 9.18 Å². The molecule has 1 unspecified atom stereocenters. The summed E-state index contributed by atoms with van der Waals surface area (Å²) in [6, 6.07) is 6.31. The number of aliphatic imine (C=N–C) groups is 1. The summed E-state index contributed by atoms with van der Waals surface area (Å²) < 4.78 is 13.6. The molecule has 0 amide bonds. The van der Waals surface area contributed by atoms with Gasteiger partial charge in [-0.15, -0.1) is 0 Å². The van der Waals surface area contributed by atoms with Gasteiger partial charge in [-0.3, -0.25) is 0 Å². The SMILES string of the molecule is CC(F)(N=C=O)c1ccccc1Cl. The van der Waals surface area contributed by atoms with Gasteiger partial charge in [-0.2, -0.15) is 4.99 Å². The minimum absolute atomic E-state index is 0.167. The molecule has 0 bridgehead atoms. The van der Waals surface area contributed by atoms with Crippen LogP contribution in [-0.2, 0) is 10.6 Å². The topological polar surface area (TPSA) is 29.4 Å². The Balaban J connectivity index is 3.21. The predicted molar refractivity (Wildman–Crippen MR) is 48.0 cm³/mol. The van der Waals surface area contributed by atoms with Crippen molar-refractivity contribution in [1.82, 2.24) is 0 Å². The maximum absolute atomic E-state index is 13.6. The summed E-state index contributed by atoms with van der Waals surface area (Å²) in [6.07, 6.45) is 1.18. The third-order valence-corrected chi connectivity index (χ3v) is 1.95. The highest BCUT2D eigenvalue weighted by molar-refractivity contribution is 6.31. The van der Waals surface area contributed by atoms with E-state index in [4.69, 9.17) is 11.6 Å². The minimum Gasteiger partial charge on any atom is -0.212 e. The lowest BCUT2D eigenvalue weighted by Gasteiger charge is -2.14. The van der Waals surface area contributed by atoms with Gasteiger partial charge in [-0.05, 0) is 13.0 Å². The van der Waals surface area contributed by atoms with Crippen LogP contribution in [0, 0.1) is 0 Å². The molecule has 0 aliphatic rings. The first-order valence-corrected chi connectivity index (χ1v) is 3.98. The lowest BCUT2D eigenvalue weighted by Crippen LogP contribution is -2.11. The number of alkyl halides is 1. The van der Waals surface area contributed by atoms with Crippen LogP contribution in [-0.4, -0.2) is 6.08 Å². The molecule has 1 atom stereocenters. The largest absolute Gasteiger partial charge is 0.238 e. The normalized spacial score (nSPS) is 14.4. The zero-order valence-corrected chi connectivity index (χ0v) is 7.68. The number of halogens is 2. The molecule has 0 radical (unpaired) electrons. The van der Waals surface area contributed by atoms with Crippen molar-refractivity contribution in [3.8, 4) is 0 Å². The van der Waals surface area contributed by atoms with Crippen molar-refractivity contribution in [3.63, 3.8) is 0 Å². The molecule has 0 N–H and O–H groups in total. The van der Waals surface area contributed by atoms with Crippen LogP contribution in [0.3, 0.4) is 0 Å². The van der Waals surface area contributed by atoms with E-state index in [0.717, 1.165) is 6.92 Å². The van der Waals surface area contributed by atoms with Crippen molar-refractivity contribution in [2.75, 3.05) is 0 Å². The molecular formula is C9H7ClFNO. The van der Waals surface area contributed by atoms with Crippen LogP contribution in [0.4, 0.5) is 4.39 Å². The standard InChI is InChI=1S/C9H7ClFNO/c1-9(11,12-6-13)7-4-2-3-5-8(7)10/h2-5H,1H3. The molecule has 0 aromatic heterocycles. The first-order chi connectivity index (χ1) is 6.08. The lowest BCUT2D eigenvalue weighted by molar-refractivity contribution is 0.206. The second kappa shape index (κ2) is 3.69. The van der Waals surface area contributed by atoms with Gasteiger partial charge in [0.25, 0.3) is 0 Å². The van der Waals surface area contributed by atoms with Crippen LogP contribution in [0.1, 0.15) is 12.5 Å². The number of benzene rings is 1. The summed E-state index contributed by atoms with van der Waals surface area (Å²) in [5, 5.41) is 0.242. The Bertz CT molecular complexity index is 358. The summed E-state index contributed by atoms with van der Waals surface area (Å²) in [5.41, 5.74) is 0.167. The van der Waals surface area contributed by atoms with Gasteiger partial charge in [-0.1, -0.05) is 29.8 Å². The molecule has 0 heterocycles. The number of nitrogens with zero attached hydrogens (tertiary/aromatic N) is 1. The van der Waals surface area contributed by atoms with Crippen LogP contribution in [0.15, 0.2) is 29.3 Å². The highest BCUT2D eigenvalue weighted by Crippen LogP contribution is 2.31. The number of isocyanates is 1. The smallest absolute Gasteiger partial charge is 0.212 e. The van der Waals surface area contributed by atoms with Gasteiger partial charge in [0.05, 0.1) is 0 Å². The van der Waals surface area contributed by atoms with Crippen LogP contribution in [0.25, 0.3) is 0 Å². The Morgan fingerprint density at radius 2 is 2.15 bits per heavy atom. The van der Waals surface area contributed by atoms with E-state index in [9.17, 15) is 9.18 Å². The van der Waals surface area contributed by atoms with Gasteiger partial charge in [0.15, 0.2) is 0 Å². The van der Waals surface area contributed by atoms with E-state index in [1.807, 2.05) is 0 Å². The summed E-state index contributed by atoms with van der Waals surface area (Å²) in [4.78, 5) is 13.0. The third kappa shape index (κ3) is 2.14. The van der Waals surface area contributed by atoms with E-state index < -0.39 is 5.79 Å². The van der Waals surface area contributed by atoms with Gasteiger partial charge in [0, 0.05) is 10.6 Å². The number of hydrogen-bond acceptors (Lipinski definition) is 2. The molecule has 0 aliphatic heterocycles. The highest BCUT2D eigenvalue weighted by Gasteiger charge is 2.26. The fraction of sp³-hybridized carbons (Fsp3) is 0.222. The Morgan fingerprint density at radius 1 is 1.54 bits per heavy atom. The van der Waals surface area contributed by atoms with Gasteiger partial charge in [0.1, 0.15) is 0 Å². The fourth-order valence-electron chi connectivity index (χ4n) is 0.977. The molecule has 68 valence electrons. The maximum atomic E-state index is 13.6. The molecule has 1 aromatic rings. The van der Waals surface area contributed by atoms with Crippen LogP contribution < -0.4 is 0 Å². The first kappa shape index (κ1) is 9.90. The number of hydrogen-bond donors (Lipinski definition) is 0. The summed E-state index contributed by atoms with van der Waals surface area (Å²) in [7, 11) is 0. The Kier molecular flexibility index (Phi) is 2.81. The molecule has 0 aliphatic carbocycles. The lowest BCUT2D eigenvalue weighted by atomic mass is 10.1. The van der Waals surface area contributed by atoms with E-state index in [1.165, 1.54) is 18.2 Å². The van der Waals surface area contributed by atoms with Crippen LogP contribution in [0.5, 0.6) is 0 Å². The maximum Gasteiger partial charge on any atom is 0.238 e. The number of carbonyl (C=O) groups excluding carboxylic acids is 1. The number of rotatable bonds is 2. The fourth-order valence-corrected chi connectivity index (χ4v) is 1.29. The summed E-state index contributed by atoms with van der Waals surface area (Å²) in [6.45, 7) is 1.15. The average molecular weight is 200 g/mol. The zero-order valence-electron chi connectivity index (χ0n) is 6.92. The molecule has 2 nitrogen and oxygen atoms in total. The van der Waals surface area contributed by atoms with Crippen molar-refractivity contribution in [1.29, 1.82) is 0 Å². The third-order valence-electron chi connectivity index (χ3n) is 1.62. The van der Waals surface area contributed by atoms with Crippen LogP contribution >= 0.6 is 11.6 Å². The van der Waals surface area contributed by atoms with E-state index >= 15 is 0 Å². The van der Waals surface area contributed by atoms with Gasteiger partial charge < -0.3 is 0 Å². The van der Waals surface area contributed by atoms with E-state index in [0.29, 0.717) is 0 Å². The zero-order chi connectivity index (χ0) is 9.90. The quantitative estimate of drug-likeness (QED) is 0.409. The van der Waals surface area contributed by atoms with Gasteiger partial charge >= 0.3 is 0 Å². The monoisotopic (exact) mass is 199 g/mol. The second-order valence-corrected chi connectivity index (χ2v) is 3.04. The molecule has 1 aromatic carbocycles. The second-order valence-electron chi connectivity index (χ2n) is 2.64. The highest BCUT2D eigenvalue weighted by atomic mass is 35.5. The summed E-state index contributed by atoms with van der Waals surface area (Å²) in [5.74, 6) is -2.10. The Labute approximate surface area is 80.1 Å². The van der Waals surface area contributed by atoms with Crippen molar-refractivity contribution in [3.05, 3.63) is 34.9 Å². The molecule has 0 fully saturated rings. The average Bonchev–Trinajstić information content (AvgIpc) is 2.04. The Hall–Kier alpha value is -1.18. The predicted octanol–water partition coefficient (Wildman–Crippen LogP) is 2.82. The van der Waals surface area contributed by atoms with Crippen molar-refractivity contribution in [2.24, 2.45) is 4.99 Å². The molecule has 0 saturated heterocycles. The first-order valence-electron chi connectivity index (χ1n) is 3.61. The van der Waals surface area contributed by atoms with E-state index in [2.05, 4.69) is 4.99 Å². The molecule has 1 rings (SSSR count). The van der Waals surface area contributed by atoms with E-state index in [-0.39, 0.29) is 10.6 Å². The van der Waals surface area contributed by atoms with Gasteiger partial charge in [0.2, 0.25) is 11.9 Å². The summed E-state index contributed by atoms with van der Waals surface area (Å²) >= 11 is 5.71. The molecule has 4 heteroatoms.